The molecule has 1 aromatic carbocycles. The SMILES string of the molecule is CN(C)C1CCN(CCC(N)c2ccc(Cl)cc2)CC1. The van der Waals surface area contributed by atoms with Crippen molar-refractivity contribution in [2.45, 2.75) is 31.3 Å². The third-order valence-corrected chi connectivity index (χ3v) is 4.59. The van der Waals surface area contributed by atoms with Gasteiger partial charge in [0.25, 0.3) is 0 Å². The quantitative estimate of drug-likeness (QED) is 0.906. The number of likely N-dealkylation sites (tertiary alicyclic amines) is 1. The van der Waals surface area contributed by atoms with Crippen molar-refractivity contribution in [1.29, 1.82) is 0 Å². The van der Waals surface area contributed by atoms with Crippen molar-refractivity contribution >= 4 is 11.6 Å². The van der Waals surface area contributed by atoms with Gasteiger partial charge in [-0.3, -0.25) is 0 Å². The van der Waals surface area contributed by atoms with Gasteiger partial charge in [-0.2, -0.15) is 0 Å². The first kappa shape index (κ1) is 15.8. The summed E-state index contributed by atoms with van der Waals surface area (Å²) in [6.07, 6.45) is 3.54. The van der Waals surface area contributed by atoms with Crippen LogP contribution in [-0.2, 0) is 0 Å². The van der Waals surface area contributed by atoms with E-state index in [1.165, 1.54) is 31.5 Å². The minimum Gasteiger partial charge on any atom is -0.324 e. The fraction of sp³-hybridized carbons (Fsp3) is 0.625. The fourth-order valence-electron chi connectivity index (χ4n) is 2.86. The molecule has 1 unspecified atom stereocenters. The lowest BCUT2D eigenvalue weighted by Gasteiger charge is -2.35. The van der Waals surface area contributed by atoms with Crippen LogP contribution < -0.4 is 5.73 Å². The van der Waals surface area contributed by atoms with Crippen LogP contribution in [0.1, 0.15) is 30.9 Å². The Hall–Kier alpha value is -0.610. The Morgan fingerprint density at radius 2 is 1.85 bits per heavy atom. The minimum absolute atomic E-state index is 0.110. The normalized spacial score (nSPS) is 19.4. The van der Waals surface area contributed by atoms with Crippen molar-refractivity contribution in [3.63, 3.8) is 0 Å². The molecule has 1 atom stereocenters. The number of nitrogens with two attached hydrogens (primary N) is 1. The van der Waals surface area contributed by atoms with Gasteiger partial charge in [0.2, 0.25) is 0 Å². The number of nitrogens with zero attached hydrogens (tertiary/aromatic N) is 2. The van der Waals surface area contributed by atoms with Gasteiger partial charge in [0.1, 0.15) is 0 Å². The second kappa shape index (κ2) is 7.41. The highest BCUT2D eigenvalue weighted by atomic mass is 35.5. The number of rotatable bonds is 5. The van der Waals surface area contributed by atoms with Gasteiger partial charge < -0.3 is 15.5 Å². The summed E-state index contributed by atoms with van der Waals surface area (Å²) < 4.78 is 0. The van der Waals surface area contributed by atoms with Gasteiger partial charge in [-0.05, 0) is 70.7 Å². The summed E-state index contributed by atoms with van der Waals surface area (Å²) in [4.78, 5) is 4.88. The second-order valence-electron chi connectivity index (χ2n) is 5.98. The van der Waals surface area contributed by atoms with Gasteiger partial charge >= 0.3 is 0 Å². The minimum atomic E-state index is 0.110. The van der Waals surface area contributed by atoms with Crippen LogP contribution in [0.15, 0.2) is 24.3 Å². The van der Waals surface area contributed by atoms with E-state index >= 15 is 0 Å². The topological polar surface area (TPSA) is 32.5 Å². The molecule has 1 saturated heterocycles. The highest BCUT2D eigenvalue weighted by molar-refractivity contribution is 6.30. The maximum absolute atomic E-state index is 6.26. The lowest BCUT2D eigenvalue weighted by molar-refractivity contribution is 0.142. The van der Waals surface area contributed by atoms with Gasteiger partial charge in [0.15, 0.2) is 0 Å². The summed E-state index contributed by atoms with van der Waals surface area (Å²) in [7, 11) is 4.35. The van der Waals surface area contributed by atoms with Crippen LogP contribution in [-0.4, -0.2) is 49.6 Å². The molecule has 1 heterocycles. The predicted octanol–water partition coefficient (Wildman–Crippen LogP) is 2.76. The van der Waals surface area contributed by atoms with Crippen LogP contribution in [0.4, 0.5) is 0 Å². The molecule has 1 fully saturated rings. The van der Waals surface area contributed by atoms with E-state index in [9.17, 15) is 0 Å². The van der Waals surface area contributed by atoms with Gasteiger partial charge in [-0.25, -0.2) is 0 Å². The molecule has 0 saturated carbocycles. The lowest BCUT2D eigenvalue weighted by atomic mass is 10.0. The average Bonchev–Trinajstić information content (AvgIpc) is 2.46. The van der Waals surface area contributed by atoms with Gasteiger partial charge in [-0.15, -0.1) is 0 Å². The Morgan fingerprint density at radius 1 is 1.25 bits per heavy atom. The van der Waals surface area contributed by atoms with E-state index in [1.807, 2.05) is 24.3 Å². The largest absolute Gasteiger partial charge is 0.324 e. The first-order valence-electron chi connectivity index (χ1n) is 7.46. The molecular formula is C16H26ClN3. The number of halogens is 1. The molecule has 3 nitrogen and oxygen atoms in total. The van der Waals surface area contributed by atoms with Crippen LogP contribution in [0.25, 0.3) is 0 Å². The Bertz CT molecular complexity index is 397. The van der Waals surface area contributed by atoms with Gasteiger partial charge in [-0.1, -0.05) is 23.7 Å². The molecule has 0 radical (unpaired) electrons. The molecule has 0 amide bonds. The summed E-state index contributed by atoms with van der Waals surface area (Å²) in [6, 6.07) is 8.75. The summed E-state index contributed by atoms with van der Waals surface area (Å²) >= 11 is 5.90. The molecule has 0 spiro atoms. The fourth-order valence-corrected chi connectivity index (χ4v) is 2.98. The summed E-state index contributed by atoms with van der Waals surface area (Å²) in [6.45, 7) is 3.47. The number of piperidine rings is 1. The number of hydrogen-bond donors (Lipinski definition) is 1. The third kappa shape index (κ3) is 4.45. The molecule has 2 rings (SSSR count). The van der Waals surface area contributed by atoms with E-state index < -0.39 is 0 Å². The van der Waals surface area contributed by atoms with Gasteiger partial charge in [0, 0.05) is 17.1 Å². The molecule has 4 heteroatoms. The molecule has 0 aliphatic carbocycles. The standard InChI is InChI=1S/C16H26ClN3/c1-19(2)15-7-10-20(11-8-15)12-9-16(18)13-3-5-14(17)6-4-13/h3-6,15-16H,7-12,18H2,1-2H3. The van der Waals surface area contributed by atoms with Crippen LogP contribution in [0.2, 0.25) is 5.02 Å². The lowest BCUT2D eigenvalue weighted by Crippen LogP contribution is -2.42. The Balaban J connectivity index is 1.74. The van der Waals surface area contributed by atoms with Crippen molar-refractivity contribution in [3.8, 4) is 0 Å². The Kier molecular flexibility index (Phi) is 5.85. The van der Waals surface area contributed by atoms with Crippen LogP contribution >= 0.6 is 11.6 Å². The monoisotopic (exact) mass is 295 g/mol. The first-order chi connectivity index (χ1) is 9.56. The van der Waals surface area contributed by atoms with Crippen molar-refractivity contribution in [1.82, 2.24) is 9.80 Å². The maximum atomic E-state index is 6.26. The van der Waals surface area contributed by atoms with Crippen LogP contribution in [0.5, 0.6) is 0 Å². The molecule has 1 aliphatic rings. The molecule has 0 aromatic heterocycles. The molecular weight excluding hydrogens is 270 g/mol. The smallest absolute Gasteiger partial charge is 0.0406 e. The predicted molar refractivity (Wildman–Crippen MR) is 86.1 cm³/mol. The average molecular weight is 296 g/mol. The van der Waals surface area contributed by atoms with Crippen molar-refractivity contribution < 1.29 is 0 Å². The van der Waals surface area contributed by atoms with E-state index in [-0.39, 0.29) is 6.04 Å². The number of hydrogen-bond acceptors (Lipinski definition) is 3. The first-order valence-corrected chi connectivity index (χ1v) is 7.84. The highest BCUT2D eigenvalue weighted by Crippen LogP contribution is 2.19. The zero-order valence-corrected chi connectivity index (χ0v) is 13.3. The van der Waals surface area contributed by atoms with E-state index in [2.05, 4.69) is 23.9 Å². The van der Waals surface area contributed by atoms with E-state index in [1.54, 1.807) is 0 Å². The van der Waals surface area contributed by atoms with E-state index in [0.717, 1.165) is 24.0 Å². The second-order valence-corrected chi connectivity index (χ2v) is 6.42. The Labute approximate surface area is 127 Å². The zero-order valence-electron chi connectivity index (χ0n) is 12.6. The van der Waals surface area contributed by atoms with E-state index in [4.69, 9.17) is 17.3 Å². The molecule has 1 aliphatic heterocycles. The zero-order chi connectivity index (χ0) is 14.5. The molecule has 112 valence electrons. The van der Waals surface area contributed by atoms with Crippen LogP contribution in [0, 0.1) is 0 Å². The molecule has 0 bridgehead atoms. The van der Waals surface area contributed by atoms with Crippen molar-refractivity contribution in [2.24, 2.45) is 5.73 Å². The van der Waals surface area contributed by atoms with Gasteiger partial charge in [0.05, 0.1) is 0 Å². The summed E-state index contributed by atoms with van der Waals surface area (Å²) in [5.41, 5.74) is 7.44. The summed E-state index contributed by atoms with van der Waals surface area (Å²) in [5, 5.41) is 0.770. The molecule has 20 heavy (non-hydrogen) atoms. The van der Waals surface area contributed by atoms with E-state index in [0.29, 0.717) is 0 Å². The number of benzene rings is 1. The summed E-state index contributed by atoms with van der Waals surface area (Å²) in [5.74, 6) is 0. The molecule has 1 aromatic rings. The van der Waals surface area contributed by atoms with Crippen molar-refractivity contribution in [2.75, 3.05) is 33.7 Å². The maximum Gasteiger partial charge on any atom is 0.0406 e. The molecule has 2 N–H and O–H groups in total. The van der Waals surface area contributed by atoms with Crippen LogP contribution in [0.3, 0.4) is 0 Å². The van der Waals surface area contributed by atoms with Crippen molar-refractivity contribution in [3.05, 3.63) is 34.9 Å². The highest BCUT2D eigenvalue weighted by Gasteiger charge is 2.20. The third-order valence-electron chi connectivity index (χ3n) is 4.34. The Morgan fingerprint density at radius 3 is 2.40 bits per heavy atom.